The van der Waals surface area contributed by atoms with E-state index in [1.165, 1.54) is 0 Å². The van der Waals surface area contributed by atoms with Crippen LogP contribution in [0.1, 0.15) is 63.6 Å². The van der Waals surface area contributed by atoms with Gasteiger partial charge in [0.15, 0.2) is 5.65 Å². The number of nitrogens with zero attached hydrogens (tertiary/aromatic N) is 6. The molecule has 54 heavy (non-hydrogen) atoms. The topological polar surface area (TPSA) is 94.3 Å². The minimum absolute atomic E-state index is 0.120. The second kappa shape index (κ2) is 16.3. The molecular weight excluding hydrogens is 709 g/mol. The fraction of sp³-hybridized carbons (Fsp3) is 0.571. The molecule has 1 amide bonds. The van der Waals surface area contributed by atoms with Crippen LogP contribution in [0.2, 0.25) is 51.4 Å². The fourth-order valence-corrected chi connectivity index (χ4v) is 9.17. The van der Waals surface area contributed by atoms with E-state index in [9.17, 15) is 4.79 Å². The zero-order chi connectivity index (χ0) is 38.8. The molecule has 0 saturated carbocycles. The summed E-state index contributed by atoms with van der Waals surface area (Å²) in [6.45, 7) is 24.5. The molecule has 0 unspecified atom stereocenters. The number of rotatable bonds is 14. The highest BCUT2D eigenvalue weighted by molar-refractivity contribution is 6.76. The van der Waals surface area contributed by atoms with Gasteiger partial charge in [0.25, 0.3) is 0 Å². The van der Waals surface area contributed by atoms with Crippen molar-refractivity contribution in [2.45, 2.75) is 128 Å². The molecule has 0 N–H and O–H groups in total. The lowest BCUT2D eigenvalue weighted by Gasteiger charge is -2.40. The molecule has 6 rings (SSSR count). The summed E-state index contributed by atoms with van der Waals surface area (Å²) in [6, 6.07) is 16.8. The molecule has 10 nitrogen and oxygen atoms in total. The predicted octanol–water partition coefficient (Wildman–Crippen LogP) is 9.84. The third-order valence-corrected chi connectivity index (χ3v) is 14.0. The van der Waals surface area contributed by atoms with Crippen molar-refractivity contribution >= 4 is 33.7 Å². The summed E-state index contributed by atoms with van der Waals surface area (Å²) >= 11 is 0. The van der Waals surface area contributed by atoms with E-state index < -0.39 is 21.7 Å². The number of pyridine rings is 1. The van der Waals surface area contributed by atoms with E-state index in [1.54, 1.807) is 0 Å². The second-order valence-corrected chi connectivity index (χ2v) is 30.0. The molecule has 2 saturated heterocycles. The maximum Gasteiger partial charge on any atom is 0.410 e. The number of benzene rings is 1. The van der Waals surface area contributed by atoms with Gasteiger partial charge in [0.1, 0.15) is 24.9 Å². The molecule has 2 aliphatic heterocycles. The van der Waals surface area contributed by atoms with Crippen LogP contribution in [0.5, 0.6) is 0 Å². The van der Waals surface area contributed by atoms with Gasteiger partial charge in [0, 0.05) is 75.8 Å². The lowest BCUT2D eigenvalue weighted by molar-refractivity contribution is 0.00567. The van der Waals surface area contributed by atoms with Gasteiger partial charge in [0.05, 0.1) is 17.6 Å². The number of amides is 1. The Kier molecular flexibility index (Phi) is 12.1. The Morgan fingerprint density at radius 3 is 2.00 bits per heavy atom. The van der Waals surface area contributed by atoms with Crippen LogP contribution in [0.3, 0.4) is 0 Å². The van der Waals surface area contributed by atoms with Crippen LogP contribution in [-0.4, -0.2) is 91.1 Å². The molecule has 12 heteroatoms. The maximum atomic E-state index is 13.4. The summed E-state index contributed by atoms with van der Waals surface area (Å²) in [7, 11) is -2.56. The minimum atomic E-state index is -1.28. The third-order valence-electron chi connectivity index (χ3n) is 10.5. The number of anilines is 1. The van der Waals surface area contributed by atoms with Crippen molar-refractivity contribution in [1.29, 1.82) is 0 Å². The van der Waals surface area contributed by atoms with Gasteiger partial charge >= 0.3 is 6.09 Å². The maximum absolute atomic E-state index is 13.4. The molecular formula is C42H62N6O4Si2. The van der Waals surface area contributed by atoms with E-state index >= 15 is 0 Å². The Morgan fingerprint density at radius 1 is 0.852 bits per heavy atom. The summed E-state index contributed by atoms with van der Waals surface area (Å²) in [5.41, 5.74) is 6.28. The van der Waals surface area contributed by atoms with Gasteiger partial charge < -0.3 is 24.0 Å². The van der Waals surface area contributed by atoms with Crippen molar-refractivity contribution in [1.82, 2.24) is 24.5 Å². The monoisotopic (exact) mass is 770 g/mol. The van der Waals surface area contributed by atoms with E-state index in [1.807, 2.05) is 60.8 Å². The van der Waals surface area contributed by atoms with Gasteiger partial charge in [0.2, 0.25) is 0 Å². The van der Waals surface area contributed by atoms with Crippen LogP contribution in [0.25, 0.3) is 28.0 Å². The average Bonchev–Trinajstić information content (AvgIpc) is 3.63. The first-order valence-corrected chi connectivity index (χ1v) is 27.2. The van der Waals surface area contributed by atoms with Gasteiger partial charge in [-0.2, -0.15) is 9.61 Å². The van der Waals surface area contributed by atoms with Crippen molar-refractivity contribution in [3.63, 3.8) is 0 Å². The fourth-order valence-electron chi connectivity index (χ4n) is 7.66. The molecule has 292 valence electrons. The Labute approximate surface area is 324 Å². The van der Waals surface area contributed by atoms with Crippen molar-refractivity contribution in [3.8, 4) is 22.4 Å². The molecule has 2 bridgehead atoms. The van der Waals surface area contributed by atoms with Crippen molar-refractivity contribution in [3.05, 3.63) is 66.1 Å². The zero-order valence-electron chi connectivity index (χ0n) is 34.3. The van der Waals surface area contributed by atoms with Gasteiger partial charge in [-0.3, -0.25) is 4.98 Å². The number of hydrogen-bond donors (Lipinski definition) is 0. The molecule has 5 heterocycles. The number of carbonyl (C=O) groups is 1. The molecule has 0 aliphatic carbocycles. The highest BCUT2D eigenvalue weighted by Gasteiger charge is 2.46. The van der Waals surface area contributed by atoms with Gasteiger partial charge in [-0.1, -0.05) is 75.7 Å². The minimum Gasteiger partial charge on any atom is -0.444 e. The van der Waals surface area contributed by atoms with Gasteiger partial charge in [-0.05, 0) is 71.5 Å². The summed E-state index contributed by atoms with van der Waals surface area (Å²) in [5.74, 6) is 1.12. The highest BCUT2D eigenvalue weighted by atomic mass is 28.3. The van der Waals surface area contributed by atoms with E-state index in [2.05, 4.69) is 75.4 Å². The number of hydrogen-bond acceptors (Lipinski definition) is 8. The molecule has 3 atom stereocenters. The van der Waals surface area contributed by atoms with E-state index in [0.29, 0.717) is 26.7 Å². The predicted molar refractivity (Wildman–Crippen MR) is 224 cm³/mol. The van der Waals surface area contributed by atoms with Crippen molar-refractivity contribution in [2.24, 2.45) is 0 Å². The molecule has 2 fully saturated rings. The third kappa shape index (κ3) is 9.79. The summed E-state index contributed by atoms with van der Waals surface area (Å²) < 4.78 is 20.7. The largest absolute Gasteiger partial charge is 0.444 e. The average molecular weight is 771 g/mol. The van der Waals surface area contributed by atoms with Crippen LogP contribution >= 0.6 is 0 Å². The molecule has 3 aromatic heterocycles. The number of piperidine rings is 1. The number of ether oxygens (including phenoxy) is 3. The Bertz CT molecular complexity index is 1850. The number of carbonyl (C=O) groups excluding carboxylic acids is 1. The lowest BCUT2D eigenvalue weighted by Crippen LogP contribution is -2.48. The Morgan fingerprint density at radius 2 is 1.46 bits per heavy atom. The number of aromatic nitrogens is 4. The standard InChI is InChI=1S/C42H62N6O4Si2/c1-30-38(33-24-34-17-18-35(25-33)47(34)41(49)52-42(2,3)4)45-39-36(32-16-19-37(43-26-32)31-14-12-11-13-15-31)27-44-48(39)40(30)46(28-50-20-22-53(5,6)7)29-51-21-23-54(8,9)10/h11-16,19,26-27,33-35H,17-18,20-25,28-29H2,1-10H3/t33-,34+,35-. The van der Waals surface area contributed by atoms with E-state index in [4.69, 9.17) is 29.3 Å². The van der Waals surface area contributed by atoms with Gasteiger partial charge in [-0.15, -0.1) is 0 Å². The van der Waals surface area contributed by atoms with Crippen LogP contribution in [0.4, 0.5) is 10.6 Å². The van der Waals surface area contributed by atoms with Crippen LogP contribution in [-0.2, 0) is 14.2 Å². The Hall–Kier alpha value is -3.59. The van der Waals surface area contributed by atoms with Gasteiger partial charge in [-0.25, -0.2) is 9.78 Å². The SMILES string of the molecule is Cc1c([C@H]2C[C@H]3CC[C@@H](C2)N3C(=O)OC(C)(C)C)nc2c(-c3ccc(-c4ccccc4)nc3)cnn2c1N(COCC[Si](C)(C)C)COCC[Si](C)(C)C. The van der Waals surface area contributed by atoms with Crippen LogP contribution in [0, 0.1) is 6.92 Å². The molecule has 0 spiro atoms. The van der Waals surface area contributed by atoms with Crippen LogP contribution < -0.4 is 4.90 Å². The van der Waals surface area contributed by atoms with Crippen molar-refractivity contribution in [2.75, 3.05) is 31.6 Å². The molecule has 2 aliphatic rings. The first kappa shape index (κ1) is 40.1. The first-order valence-electron chi connectivity index (χ1n) is 19.8. The van der Waals surface area contributed by atoms with E-state index in [-0.39, 0.29) is 24.1 Å². The first-order chi connectivity index (χ1) is 25.5. The lowest BCUT2D eigenvalue weighted by atomic mass is 9.86. The second-order valence-electron chi connectivity index (χ2n) is 18.7. The molecule has 1 aromatic carbocycles. The quantitative estimate of drug-likeness (QED) is 0.0711. The smallest absolute Gasteiger partial charge is 0.410 e. The molecule has 0 radical (unpaired) electrons. The normalized spacial score (nSPS) is 19.1. The zero-order valence-corrected chi connectivity index (χ0v) is 36.3. The van der Waals surface area contributed by atoms with Crippen molar-refractivity contribution < 1.29 is 19.0 Å². The summed E-state index contributed by atoms with van der Waals surface area (Å²) in [6.07, 6.45) is 7.29. The number of fused-ring (bicyclic) bond motifs is 3. The summed E-state index contributed by atoms with van der Waals surface area (Å²) in [5, 5.41) is 5.01. The highest BCUT2D eigenvalue weighted by Crippen LogP contribution is 2.45. The van der Waals surface area contributed by atoms with E-state index in [0.717, 1.165) is 82.9 Å². The molecule has 4 aromatic rings. The Balaban J connectivity index is 1.40. The summed E-state index contributed by atoms with van der Waals surface area (Å²) in [4.78, 5) is 28.0. The van der Waals surface area contributed by atoms with Crippen LogP contribution in [0.15, 0.2) is 54.9 Å².